The summed E-state index contributed by atoms with van der Waals surface area (Å²) in [7, 11) is -4.72. The Morgan fingerprint density at radius 1 is 1.21 bits per heavy atom. The molecule has 0 aliphatic rings. The lowest BCUT2D eigenvalue weighted by atomic mass is 10.0. The molecule has 0 saturated heterocycles. The number of halogens is 3. The maximum Gasteiger partial charge on any atom is 0.417 e. The van der Waals surface area contributed by atoms with Gasteiger partial charge in [0, 0.05) is 29.6 Å². The van der Waals surface area contributed by atoms with Crippen molar-refractivity contribution in [1.82, 2.24) is 19.4 Å². The Labute approximate surface area is 212 Å². The van der Waals surface area contributed by atoms with Gasteiger partial charge in [-0.2, -0.15) is 18.3 Å². The van der Waals surface area contributed by atoms with Gasteiger partial charge in [-0.1, -0.05) is 0 Å². The number of H-pyrrole nitrogens is 1. The van der Waals surface area contributed by atoms with Crippen LogP contribution in [0.25, 0.3) is 22.2 Å². The van der Waals surface area contributed by atoms with Gasteiger partial charge in [-0.15, -0.1) is 9.09 Å². The molecule has 202 valence electrons. The average Bonchev–Trinajstić information content (AvgIpc) is 3.28. The lowest BCUT2D eigenvalue weighted by Gasteiger charge is -2.20. The lowest BCUT2D eigenvalue weighted by Crippen LogP contribution is -2.55. The van der Waals surface area contributed by atoms with E-state index < -0.39 is 61.4 Å². The van der Waals surface area contributed by atoms with Crippen LogP contribution in [0.4, 0.5) is 13.2 Å². The third kappa shape index (κ3) is 5.47. The number of hydrogen-bond acceptors (Lipinski definition) is 8. The minimum Gasteiger partial charge on any atom is -0.456 e. The molecule has 12 nitrogen and oxygen atoms in total. The van der Waals surface area contributed by atoms with Gasteiger partial charge in [0.1, 0.15) is 0 Å². The first-order valence-corrected chi connectivity index (χ1v) is 12.6. The van der Waals surface area contributed by atoms with Crippen molar-refractivity contribution >= 4 is 32.8 Å². The van der Waals surface area contributed by atoms with Crippen molar-refractivity contribution in [1.29, 1.82) is 0 Å². The molecule has 3 rings (SSSR count). The molecule has 0 atom stereocenters. The van der Waals surface area contributed by atoms with Crippen LogP contribution in [0.2, 0.25) is 0 Å². The zero-order chi connectivity index (χ0) is 28.6. The largest absolute Gasteiger partial charge is 0.456 e. The first-order valence-electron chi connectivity index (χ1n) is 10.7. The van der Waals surface area contributed by atoms with E-state index in [1.165, 1.54) is 23.9 Å². The fraction of sp³-hybridized carbons (Fsp3) is 0.318. The Morgan fingerprint density at radius 3 is 2.42 bits per heavy atom. The maximum atomic E-state index is 14.0. The maximum absolute atomic E-state index is 14.0. The van der Waals surface area contributed by atoms with Crippen LogP contribution in [0, 0.1) is 11.8 Å². The summed E-state index contributed by atoms with van der Waals surface area (Å²) < 4.78 is 72.1. The molecular formula is C22H20F3N5O7S. The molecule has 16 heteroatoms. The lowest BCUT2D eigenvalue weighted by molar-refractivity contribution is -0.137. The minimum atomic E-state index is -4.92. The quantitative estimate of drug-likeness (QED) is 0.279. The van der Waals surface area contributed by atoms with Crippen LogP contribution in [0.3, 0.4) is 0 Å². The van der Waals surface area contributed by atoms with Crippen molar-refractivity contribution in [2.75, 3.05) is 17.3 Å². The van der Waals surface area contributed by atoms with Crippen LogP contribution in [0.15, 0.2) is 34.0 Å². The zero-order valence-corrected chi connectivity index (χ0v) is 21.1. The Balaban J connectivity index is 2.38. The number of amides is 1. The highest BCUT2D eigenvalue weighted by atomic mass is 32.2. The van der Waals surface area contributed by atoms with E-state index in [-0.39, 0.29) is 27.4 Å². The SMILES string of the molecule is CCOC(=O)C#CC(=O)N(n1c(=O)[nH]c2cc(C(F)(F)F)c(-c3ccnn3C(C)C)cc2c1=O)S(C)(=O)=O. The topological polar surface area (TPSA) is 153 Å². The van der Waals surface area contributed by atoms with Crippen molar-refractivity contribution in [2.24, 2.45) is 0 Å². The predicted octanol–water partition coefficient (Wildman–Crippen LogP) is 1.14. The molecule has 38 heavy (non-hydrogen) atoms. The second-order valence-electron chi connectivity index (χ2n) is 8.02. The molecule has 2 heterocycles. The van der Waals surface area contributed by atoms with Crippen molar-refractivity contribution in [3.8, 4) is 23.1 Å². The monoisotopic (exact) mass is 555 g/mol. The standard InChI is InChI=1S/C22H20F3N5O7S/c1-5-37-19(32)7-6-18(31)30(38(4,35)36)29-20(33)14-10-13(17-8-9-26-28(17)12(2)3)15(22(23,24)25)11-16(14)27-21(29)34/h8-12H,5H2,1-4H3,(H,27,34). The Hall–Kier alpha value is -4.39. The van der Waals surface area contributed by atoms with Crippen LogP contribution >= 0.6 is 0 Å². The summed E-state index contributed by atoms with van der Waals surface area (Å²) in [5.41, 5.74) is -5.25. The number of benzene rings is 1. The summed E-state index contributed by atoms with van der Waals surface area (Å²) >= 11 is 0. The third-order valence-corrected chi connectivity index (χ3v) is 5.93. The number of sulfonamides is 1. The number of ether oxygens (including phenoxy) is 1. The fourth-order valence-corrected chi connectivity index (χ4v) is 4.31. The molecule has 0 unspecified atom stereocenters. The molecule has 0 saturated carbocycles. The predicted molar refractivity (Wildman–Crippen MR) is 128 cm³/mol. The normalized spacial score (nSPS) is 11.8. The fourth-order valence-electron chi connectivity index (χ4n) is 3.51. The summed E-state index contributed by atoms with van der Waals surface area (Å²) in [4.78, 5) is 52.1. The highest BCUT2D eigenvalue weighted by Crippen LogP contribution is 2.39. The van der Waals surface area contributed by atoms with Gasteiger partial charge in [-0.05, 0) is 39.0 Å². The van der Waals surface area contributed by atoms with Crippen LogP contribution in [-0.4, -0.2) is 52.6 Å². The molecule has 1 aromatic carbocycles. The number of carbonyl (C=O) groups excluding carboxylic acids is 2. The van der Waals surface area contributed by atoms with E-state index in [0.29, 0.717) is 12.3 Å². The van der Waals surface area contributed by atoms with Crippen LogP contribution in [0.5, 0.6) is 0 Å². The molecule has 0 fully saturated rings. The van der Waals surface area contributed by atoms with Gasteiger partial charge in [-0.25, -0.2) is 18.0 Å². The zero-order valence-electron chi connectivity index (χ0n) is 20.3. The first-order chi connectivity index (χ1) is 17.6. The number of hydrogen-bond donors (Lipinski definition) is 1. The van der Waals surface area contributed by atoms with Gasteiger partial charge in [0.05, 0.1) is 35.0 Å². The average molecular weight is 555 g/mol. The van der Waals surface area contributed by atoms with Crippen molar-refractivity contribution in [3.63, 3.8) is 0 Å². The van der Waals surface area contributed by atoms with Crippen LogP contribution in [0.1, 0.15) is 32.4 Å². The molecule has 0 aliphatic carbocycles. The number of aromatic amines is 1. The number of aromatic nitrogens is 4. The number of nitrogens with one attached hydrogen (secondary N) is 1. The number of esters is 1. The van der Waals surface area contributed by atoms with E-state index >= 15 is 0 Å². The van der Waals surface area contributed by atoms with E-state index in [0.717, 1.165) is 6.07 Å². The van der Waals surface area contributed by atoms with Crippen molar-refractivity contribution in [2.45, 2.75) is 33.0 Å². The second-order valence-corrected chi connectivity index (χ2v) is 9.84. The number of fused-ring (bicyclic) bond motifs is 1. The second kappa shape index (κ2) is 10.2. The van der Waals surface area contributed by atoms with E-state index in [9.17, 15) is 40.8 Å². The summed E-state index contributed by atoms with van der Waals surface area (Å²) in [5, 5.41) is 3.45. The summed E-state index contributed by atoms with van der Waals surface area (Å²) in [6, 6.07) is 2.26. The van der Waals surface area contributed by atoms with E-state index in [1.54, 1.807) is 25.7 Å². The van der Waals surface area contributed by atoms with Crippen molar-refractivity contribution in [3.05, 3.63) is 50.8 Å². The molecule has 0 spiro atoms. The van der Waals surface area contributed by atoms with Gasteiger partial charge in [-0.3, -0.25) is 14.3 Å². The minimum absolute atomic E-state index is 0.0114. The Morgan fingerprint density at radius 2 is 1.87 bits per heavy atom. The molecule has 1 N–H and O–H groups in total. The summed E-state index contributed by atoms with van der Waals surface area (Å²) in [6.45, 7) is 4.69. The van der Waals surface area contributed by atoms with Crippen molar-refractivity contribution < 1.29 is 35.9 Å². The number of nitrogens with zero attached hydrogens (tertiary/aromatic N) is 4. The van der Waals surface area contributed by atoms with Gasteiger partial charge in [0.2, 0.25) is 0 Å². The third-order valence-electron chi connectivity index (χ3n) is 4.97. The molecular weight excluding hydrogens is 535 g/mol. The summed E-state index contributed by atoms with van der Waals surface area (Å²) in [6.07, 6.45) is -3.18. The van der Waals surface area contributed by atoms with Crippen LogP contribution < -0.4 is 15.7 Å². The van der Waals surface area contributed by atoms with E-state index in [2.05, 4.69) is 9.84 Å². The number of rotatable bonds is 5. The van der Waals surface area contributed by atoms with E-state index in [4.69, 9.17) is 0 Å². The summed E-state index contributed by atoms with van der Waals surface area (Å²) in [5.74, 6) is 0.540. The molecule has 0 aliphatic heterocycles. The van der Waals surface area contributed by atoms with Gasteiger partial charge in [0.15, 0.2) is 0 Å². The molecule has 2 aromatic heterocycles. The number of carbonyl (C=O) groups is 2. The first kappa shape index (κ1) is 28.2. The molecule has 0 radical (unpaired) electrons. The van der Waals surface area contributed by atoms with Gasteiger partial charge >= 0.3 is 23.7 Å². The highest BCUT2D eigenvalue weighted by molar-refractivity contribution is 7.92. The van der Waals surface area contributed by atoms with Gasteiger partial charge in [0.25, 0.3) is 15.6 Å². The molecule has 3 aromatic rings. The van der Waals surface area contributed by atoms with Crippen LogP contribution in [-0.2, 0) is 30.5 Å². The Kier molecular flexibility index (Phi) is 7.54. The van der Waals surface area contributed by atoms with E-state index in [1.807, 2.05) is 4.98 Å². The smallest absolute Gasteiger partial charge is 0.417 e. The van der Waals surface area contributed by atoms with Gasteiger partial charge < -0.3 is 9.72 Å². The Bertz CT molecular complexity index is 1720. The molecule has 1 amide bonds. The number of alkyl halides is 3. The highest BCUT2D eigenvalue weighted by Gasteiger charge is 2.36. The molecule has 0 bridgehead atoms.